The van der Waals surface area contributed by atoms with E-state index in [-0.39, 0.29) is 18.0 Å². The largest absolute Gasteiger partial charge is 0.353 e. The van der Waals surface area contributed by atoms with Crippen molar-refractivity contribution in [2.75, 3.05) is 0 Å². The third-order valence-electron chi connectivity index (χ3n) is 3.99. The monoisotopic (exact) mass is 296 g/mol. The zero-order chi connectivity index (χ0) is 15.2. The first kappa shape index (κ1) is 15.9. The van der Waals surface area contributed by atoms with Crippen molar-refractivity contribution in [1.29, 1.82) is 0 Å². The predicted octanol–water partition coefficient (Wildman–Crippen LogP) is 2.67. The summed E-state index contributed by atoms with van der Waals surface area (Å²) in [7, 11) is 0. The van der Waals surface area contributed by atoms with Gasteiger partial charge >= 0.3 is 0 Å². The van der Waals surface area contributed by atoms with Crippen molar-refractivity contribution in [1.82, 2.24) is 5.32 Å². The molecule has 3 nitrogen and oxygen atoms in total. The highest BCUT2D eigenvalue weighted by Crippen LogP contribution is 2.17. The van der Waals surface area contributed by atoms with Gasteiger partial charge in [0.05, 0.1) is 0 Å². The normalized spacial score (nSPS) is 22.0. The fourth-order valence-electron chi connectivity index (χ4n) is 2.71. The molecule has 1 aromatic rings. The number of nitrogens with two attached hydrogens (primary N) is 1. The Bertz CT molecular complexity index is 485. The van der Waals surface area contributed by atoms with Crippen molar-refractivity contribution in [3.8, 4) is 0 Å². The molecule has 1 fully saturated rings. The van der Waals surface area contributed by atoms with E-state index in [1.807, 2.05) is 0 Å². The van der Waals surface area contributed by atoms with E-state index in [2.05, 4.69) is 5.32 Å². The van der Waals surface area contributed by atoms with E-state index in [4.69, 9.17) is 5.73 Å². The number of carbonyl (C=O) groups is 1. The number of nitrogens with one attached hydrogen (secondary N) is 1. The second kappa shape index (κ2) is 7.50. The maximum atomic E-state index is 13.0. The molecule has 0 aromatic heterocycles. The van der Waals surface area contributed by atoms with Gasteiger partial charge in [-0.2, -0.15) is 0 Å². The van der Waals surface area contributed by atoms with Crippen molar-refractivity contribution >= 4 is 5.91 Å². The third-order valence-corrected chi connectivity index (χ3v) is 3.99. The smallest absolute Gasteiger partial charge is 0.220 e. The van der Waals surface area contributed by atoms with Crippen molar-refractivity contribution in [2.24, 2.45) is 5.73 Å². The van der Waals surface area contributed by atoms with Gasteiger partial charge in [-0.05, 0) is 56.2 Å². The van der Waals surface area contributed by atoms with E-state index in [0.717, 1.165) is 31.7 Å². The summed E-state index contributed by atoms with van der Waals surface area (Å²) in [5.41, 5.74) is 6.54. The molecular weight excluding hydrogens is 274 g/mol. The van der Waals surface area contributed by atoms with Crippen LogP contribution in [0.3, 0.4) is 0 Å². The van der Waals surface area contributed by atoms with Gasteiger partial charge in [0.2, 0.25) is 5.91 Å². The second-order valence-electron chi connectivity index (χ2n) is 5.78. The molecule has 21 heavy (non-hydrogen) atoms. The summed E-state index contributed by atoms with van der Waals surface area (Å²) >= 11 is 0. The van der Waals surface area contributed by atoms with Crippen molar-refractivity contribution in [3.63, 3.8) is 0 Å². The summed E-state index contributed by atoms with van der Waals surface area (Å²) in [6, 6.07) is 4.37. The minimum absolute atomic E-state index is 0.0260. The second-order valence-corrected chi connectivity index (χ2v) is 5.78. The highest BCUT2D eigenvalue weighted by molar-refractivity contribution is 5.76. The lowest BCUT2D eigenvalue weighted by Gasteiger charge is -2.26. The molecule has 1 aromatic carbocycles. The minimum atomic E-state index is -0.841. The quantitative estimate of drug-likeness (QED) is 0.877. The average Bonchev–Trinajstić information content (AvgIpc) is 2.45. The number of amides is 1. The van der Waals surface area contributed by atoms with E-state index in [1.54, 1.807) is 6.07 Å². The number of carbonyl (C=O) groups excluding carboxylic acids is 1. The van der Waals surface area contributed by atoms with Gasteiger partial charge in [0.1, 0.15) is 0 Å². The zero-order valence-corrected chi connectivity index (χ0v) is 12.1. The van der Waals surface area contributed by atoms with E-state index in [9.17, 15) is 13.6 Å². The van der Waals surface area contributed by atoms with Crippen LogP contribution in [0.5, 0.6) is 0 Å². The number of hydrogen-bond acceptors (Lipinski definition) is 2. The van der Waals surface area contributed by atoms with E-state index in [0.29, 0.717) is 24.8 Å². The molecule has 0 aliphatic heterocycles. The average molecular weight is 296 g/mol. The highest BCUT2D eigenvalue weighted by Gasteiger charge is 2.19. The van der Waals surface area contributed by atoms with Gasteiger partial charge in [-0.3, -0.25) is 4.79 Å². The Kier molecular flexibility index (Phi) is 5.67. The topological polar surface area (TPSA) is 55.1 Å². The van der Waals surface area contributed by atoms with Crippen LogP contribution in [0.15, 0.2) is 18.2 Å². The Hall–Kier alpha value is -1.49. The predicted molar refractivity (Wildman–Crippen MR) is 77.7 cm³/mol. The van der Waals surface area contributed by atoms with Crippen LogP contribution in [-0.4, -0.2) is 18.0 Å². The standard InChI is InChI=1S/C16H22F2N2O/c17-14-9-4-11(10-15(14)18)2-1-3-16(21)20-13-7-5-12(19)6-8-13/h4,9-10,12-13H,1-3,5-8,19H2,(H,20,21). The van der Waals surface area contributed by atoms with Gasteiger partial charge in [-0.25, -0.2) is 8.78 Å². The molecule has 0 unspecified atom stereocenters. The summed E-state index contributed by atoms with van der Waals surface area (Å²) in [6.45, 7) is 0. The van der Waals surface area contributed by atoms with Crippen molar-refractivity contribution in [2.45, 2.75) is 57.0 Å². The van der Waals surface area contributed by atoms with Crippen LogP contribution in [0.25, 0.3) is 0 Å². The highest BCUT2D eigenvalue weighted by atomic mass is 19.2. The molecular formula is C16H22F2N2O. The molecule has 2 rings (SSSR count). The summed E-state index contributed by atoms with van der Waals surface area (Å²) < 4.78 is 25.8. The van der Waals surface area contributed by atoms with Crippen LogP contribution in [0.1, 0.15) is 44.1 Å². The van der Waals surface area contributed by atoms with Crippen molar-refractivity contribution < 1.29 is 13.6 Å². The van der Waals surface area contributed by atoms with Crippen LogP contribution in [0.4, 0.5) is 8.78 Å². The molecule has 0 spiro atoms. The molecule has 0 atom stereocenters. The Morgan fingerprint density at radius 1 is 1.19 bits per heavy atom. The van der Waals surface area contributed by atoms with E-state index in [1.165, 1.54) is 6.07 Å². The first-order valence-electron chi connectivity index (χ1n) is 7.53. The summed E-state index contributed by atoms with van der Waals surface area (Å²) in [5.74, 6) is -1.65. The van der Waals surface area contributed by atoms with Gasteiger partial charge < -0.3 is 11.1 Å². The van der Waals surface area contributed by atoms with Crippen molar-refractivity contribution in [3.05, 3.63) is 35.4 Å². The van der Waals surface area contributed by atoms with Crippen LogP contribution in [0, 0.1) is 11.6 Å². The van der Waals surface area contributed by atoms with Gasteiger partial charge in [-0.1, -0.05) is 6.07 Å². The van der Waals surface area contributed by atoms with Gasteiger partial charge in [0, 0.05) is 18.5 Å². The third kappa shape index (κ3) is 5.08. The van der Waals surface area contributed by atoms with E-state index >= 15 is 0 Å². The fraction of sp³-hybridized carbons (Fsp3) is 0.562. The molecule has 1 aliphatic carbocycles. The summed E-state index contributed by atoms with van der Waals surface area (Å²) in [5, 5.41) is 3.02. The SMILES string of the molecule is NC1CCC(NC(=O)CCCc2ccc(F)c(F)c2)CC1. The number of aryl methyl sites for hydroxylation is 1. The minimum Gasteiger partial charge on any atom is -0.353 e. The van der Waals surface area contributed by atoms with Gasteiger partial charge in [0.25, 0.3) is 0 Å². The lowest BCUT2D eigenvalue weighted by molar-refractivity contribution is -0.122. The molecule has 5 heteroatoms. The number of hydrogen-bond donors (Lipinski definition) is 2. The molecule has 0 saturated heterocycles. The molecule has 0 bridgehead atoms. The molecule has 1 saturated carbocycles. The zero-order valence-electron chi connectivity index (χ0n) is 12.1. The molecule has 3 N–H and O–H groups in total. The van der Waals surface area contributed by atoms with Crippen LogP contribution >= 0.6 is 0 Å². The van der Waals surface area contributed by atoms with Gasteiger partial charge in [0.15, 0.2) is 11.6 Å². The van der Waals surface area contributed by atoms with Crippen LogP contribution in [-0.2, 0) is 11.2 Å². The fourth-order valence-corrected chi connectivity index (χ4v) is 2.71. The molecule has 0 heterocycles. The first-order chi connectivity index (χ1) is 10.0. The maximum Gasteiger partial charge on any atom is 0.220 e. The lowest BCUT2D eigenvalue weighted by Crippen LogP contribution is -2.40. The van der Waals surface area contributed by atoms with Gasteiger partial charge in [-0.15, -0.1) is 0 Å². The Morgan fingerprint density at radius 3 is 2.57 bits per heavy atom. The first-order valence-corrected chi connectivity index (χ1v) is 7.53. The Morgan fingerprint density at radius 2 is 1.90 bits per heavy atom. The summed E-state index contributed by atoms with van der Waals surface area (Å²) in [6.07, 6.45) is 5.40. The molecule has 1 aliphatic rings. The van der Waals surface area contributed by atoms with Crippen LogP contribution in [0.2, 0.25) is 0 Å². The lowest BCUT2D eigenvalue weighted by atomic mass is 9.92. The maximum absolute atomic E-state index is 13.0. The van der Waals surface area contributed by atoms with Crippen LogP contribution < -0.4 is 11.1 Å². The Balaban J connectivity index is 1.68. The number of halogens is 2. The molecule has 1 amide bonds. The molecule has 116 valence electrons. The van der Waals surface area contributed by atoms with E-state index < -0.39 is 11.6 Å². The number of rotatable bonds is 5. The molecule has 0 radical (unpaired) electrons. The number of benzene rings is 1. The Labute approximate surface area is 123 Å². The summed E-state index contributed by atoms with van der Waals surface area (Å²) in [4.78, 5) is 11.8.